The van der Waals surface area contributed by atoms with Crippen LogP contribution in [0.3, 0.4) is 0 Å². The molecule has 0 radical (unpaired) electrons. The summed E-state index contributed by atoms with van der Waals surface area (Å²) in [6.45, 7) is 1.93. The molecule has 0 bridgehead atoms. The average Bonchev–Trinajstić information content (AvgIpc) is 2.11. The van der Waals surface area contributed by atoms with E-state index >= 15 is 0 Å². The zero-order valence-corrected chi connectivity index (χ0v) is 4.28. The van der Waals surface area contributed by atoms with E-state index < -0.39 is 0 Å². The van der Waals surface area contributed by atoms with Crippen molar-refractivity contribution >= 4 is 0 Å². The van der Waals surface area contributed by atoms with Crippen molar-refractivity contribution in [1.29, 1.82) is 0 Å². The summed E-state index contributed by atoms with van der Waals surface area (Å²) in [5.74, 6) is 0. The maximum atomic E-state index is 7.57. The van der Waals surface area contributed by atoms with Crippen LogP contribution in [0.25, 0.3) is 0 Å². The first-order chi connectivity index (χ1) is 2.91. The van der Waals surface area contributed by atoms with Crippen LogP contribution in [0, 0.1) is 0 Å². The highest BCUT2D eigenvalue weighted by atomic mass is 16.2. The zero-order chi connectivity index (χ0) is 4.83. The fourth-order valence-electron chi connectivity index (χ4n) is 0. The van der Waals surface area contributed by atoms with Crippen molar-refractivity contribution in [3.05, 3.63) is 0 Å². The molecule has 6 heavy (non-hydrogen) atoms. The number of aliphatic hydroxyl groups excluding tert-OH is 1. The fourth-order valence-corrected chi connectivity index (χ4v) is 0. The van der Waals surface area contributed by atoms with Gasteiger partial charge in [0.1, 0.15) is 0 Å². The second-order valence-corrected chi connectivity index (χ2v) is 1.38. The Bertz CT molecular complexity index is 15.1. The van der Waals surface area contributed by atoms with Crippen LogP contribution in [0.15, 0.2) is 0 Å². The van der Waals surface area contributed by atoms with Gasteiger partial charge in [0.15, 0.2) is 0 Å². The van der Waals surface area contributed by atoms with E-state index in [1.54, 1.807) is 6.92 Å². The predicted molar refractivity (Wildman–Crippen MR) is 26.6 cm³/mol. The predicted octanol–water partition coefficient (Wildman–Crippen LogP) is 1.17. The average molecular weight is 88.1 g/mol. The van der Waals surface area contributed by atoms with Crippen LogP contribution in [0.5, 0.6) is 0 Å². The summed E-state index contributed by atoms with van der Waals surface area (Å²) in [5, 5.41) is 7.57. The molecular weight excluding hydrogens is 76.1 g/mol. The summed E-state index contributed by atoms with van der Waals surface area (Å²) in [6.07, 6.45) is 4.50. The maximum absolute atomic E-state index is 7.57. The molecule has 0 atom stereocenters. The van der Waals surface area contributed by atoms with Crippen molar-refractivity contribution in [3.8, 4) is 0 Å². The van der Waals surface area contributed by atoms with Gasteiger partial charge in [-0.3, -0.25) is 0 Å². The second-order valence-electron chi connectivity index (χ2n) is 1.38. The number of rotatable bonds is 0. The molecule has 0 saturated heterocycles. The Labute approximate surface area is 39.0 Å². The maximum Gasteiger partial charge on any atom is 0.0402 e. The number of aliphatic hydroxyl groups is 1. The highest BCUT2D eigenvalue weighted by molar-refractivity contribution is 4.50. The first kappa shape index (κ1) is 5.96. The lowest BCUT2D eigenvalue weighted by molar-refractivity contribution is 0.318. The Morgan fingerprint density at radius 2 is 1.50 bits per heavy atom. The van der Waals surface area contributed by atoms with Gasteiger partial charge < -0.3 is 5.11 Å². The van der Waals surface area contributed by atoms with Crippen LogP contribution in [0.1, 0.15) is 26.2 Å². The Balaban J connectivity index is 0.0000000833. The van der Waals surface area contributed by atoms with Crippen molar-refractivity contribution in [3.63, 3.8) is 0 Å². The van der Waals surface area contributed by atoms with Crippen molar-refractivity contribution in [2.75, 3.05) is 6.61 Å². The first-order valence-corrected chi connectivity index (χ1v) is 2.52. The third-order valence-electron chi connectivity index (χ3n) is 0.354. The quantitative estimate of drug-likeness (QED) is 0.471. The smallest absolute Gasteiger partial charge is 0.0402 e. The van der Waals surface area contributed by atoms with Crippen LogP contribution in [0.4, 0.5) is 0 Å². The van der Waals surface area contributed by atoms with Gasteiger partial charge in [-0.1, -0.05) is 19.3 Å². The molecule has 1 heteroatoms. The number of hydrogen-bond donors (Lipinski definition) is 1. The van der Waals surface area contributed by atoms with Gasteiger partial charge in [0, 0.05) is 6.61 Å². The molecular formula is C5H12O. The molecule has 0 heterocycles. The summed E-state index contributed by atoms with van der Waals surface area (Å²) in [7, 11) is 0. The minimum Gasteiger partial charge on any atom is -0.397 e. The molecule has 1 saturated carbocycles. The minimum atomic E-state index is 0.250. The Hall–Kier alpha value is -0.0400. The highest BCUT2D eigenvalue weighted by Crippen LogP contribution is 2.14. The van der Waals surface area contributed by atoms with Crippen molar-refractivity contribution in [2.45, 2.75) is 26.2 Å². The normalized spacial score (nSPS) is 15.0. The molecule has 0 spiro atoms. The van der Waals surface area contributed by atoms with Crippen LogP contribution in [-0.2, 0) is 0 Å². The van der Waals surface area contributed by atoms with E-state index in [1.165, 1.54) is 19.3 Å². The van der Waals surface area contributed by atoms with E-state index in [2.05, 4.69) is 0 Å². The molecule has 1 N–H and O–H groups in total. The van der Waals surface area contributed by atoms with Gasteiger partial charge in [-0.25, -0.2) is 0 Å². The molecule has 1 aliphatic carbocycles. The molecule has 0 aliphatic heterocycles. The summed E-state index contributed by atoms with van der Waals surface area (Å²) in [6, 6.07) is 0. The lowest BCUT2D eigenvalue weighted by Crippen LogP contribution is -1.57. The number of hydrogen-bond acceptors (Lipinski definition) is 1. The van der Waals surface area contributed by atoms with Crippen LogP contribution < -0.4 is 0 Å². The van der Waals surface area contributed by atoms with Gasteiger partial charge in [0.25, 0.3) is 0 Å². The summed E-state index contributed by atoms with van der Waals surface area (Å²) >= 11 is 0. The van der Waals surface area contributed by atoms with Crippen molar-refractivity contribution in [2.24, 2.45) is 0 Å². The fraction of sp³-hybridized carbons (Fsp3) is 1.00. The minimum absolute atomic E-state index is 0.250. The summed E-state index contributed by atoms with van der Waals surface area (Å²) in [4.78, 5) is 0. The zero-order valence-electron chi connectivity index (χ0n) is 4.28. The Morgan fingerprint density at radius 1 is 1.33 bits per heavy atom. The van der Waals surface area contributed by atoms with E-state index in [4.69, 9.17) is 5.11 Å². The SMILES string of the molecule is C1CC1.CCO. The third-order valence-corrected chi connectivity index (χ3v) is 0.354. The molecule has 1 aliphatic rings. The third kappa shape index (κ3) is 37.6. The van der Waals surface area contributed by atoms with Crippen LogP contribution >= 0.6 is 0 Å². The van der Waals surface area contributed by atoms with E-state index in [0.717, 1.165) is 0 Å². The van der Waals surface area contributed by atoms with Crippen LogP contribution in [0.2, 0.25) is 0 Å². The monoisotopic (exact) mass is 88.1 g/mol. The van der Waals surface area contributed by atoms with E-state index in [-0.39, 0.29) is 6.61 Å². The molecule has 0 aromatic rings. The van der Waals surface area contributed by atoms with E-state index in [9.17, 15) is 0 Å². The van der Waals surface area contributed by atoms with Crippen LogP contribution in [-0.4, -0.2) is 11.7 Å². The molecule has 0 aromatic carbocycles. The van der Waals surface area contributed by atoms with Gasteiger partial charge in [0.2, 0.25) is 0 Å². The van der Waals surface area contributed by atoms with Gasteiger partial charge in [-0.15, -0.1) is 0 Å². The topological polar surface area (TPSA) is 20.2 Å². The second kappa shape index (κ2) is 4.96. The largest absolute Gasteiger partial charge is 0.397 e. The van der Waals surface area contributed by atoms with Crippen molar-refractivity contribution in [1.82, 2.24) is 0 Å². The standard InChI is InChI=1S/C3H6.C2H6O/c1-2-3-1;1-2-3/h1-3H2;3H,2H2,1H3. The molecule has 38 valence electrons. The van der Waals surface area contributed by atoms with Gasteiger partial charge >= 0.3 is 0 Å². The Kier molecular flexibility index (Phi) is 4.93. The summed E-state index contributed by atoms with van der Waals surface area (Å²) < 4.78 is 0. The lowest BCUT2D eigenvalue weighted by Gasteiger charge is -1.52. The molecule has 0 unspecified atom stereocenters. The molecule has 0 amide bonds. The van der Waals surface area contributed by atoms with E-state index in [1.807, 2.05) is 0 Å². The highest BCUT2D eigenvalue weighted by Gasteiger charge is 1.95. The Morgan fingerprint density at radius 3 is 1.50 bits per heavy atom. The molecule has 0 aromatic heterocycles. The first-order valence-electron chi connectivity index (χ1n) is 2.52. The summed E-state index contributed by atoms with van der Waals surface area (Å²) in [5.41, 5.74) is 0. The van der Waals surface area contributed by atoms with Gasteiger partial charge in [-0.2, -0.15) is 0 Å². The molecule has 1 nitrogen and oxygen atoms in total. The van der Waals surface area contributed by atoms with Crippen molar-refractivity contribution < 1.29 is 5.11 Å². The molecule has 1 fully saturated rings. The molecule has 1 rings (SSSR count). The van der Waals surface area contributed by atoms with Gasteiger partial charge in [0.05, 0.1) is 0 Å². The van der Waals surface area contributed by atoms with Gasteiger partial charge in [-0.05, 0) is 6.92 Å². The van der Waals surface area contributed by atoms with E-state index in [0.29, 0.717) is 0 Å². The lowest BCUT2D eigenvalue weighted by atomic mass is 10.9.